The summed E-state index contributed by atoms with van der Waals surface area (Å²) < 4.78 is 10.8. The Bertz CT molecular complexity index is 122. The van der Waals surface area contributed by atoms with Gasteiger partial charge in [0, 0.05) is 25.2 Å². The van der Waals surface area contributed by atoms with Gasteiger partial charge >= 0.3 is 0 Å². The Morgan fingerprint density at radius 1 is 1.62 bits per heavy atom. The second kappa shape index (κ2) is 6.35. The average Bonchev–Trinajstić information content (AvgIpc) is 2.55. The summed E-state index contributed by atoms with van der Waals surface area (Å²) >= 11 is 0. The molecule has 0 bridgehead atoms. The standard InChI is InChI=1S/C10H21NO2/c1-9(11)3-2-5-12-7-10-4-6-13-8-10/h9-10H,2-8,11H2,1H3. The molecule has 2 N–H and O–H groups in total. The van der Waals surface area contributed by atoms with E-state index in [1.165, 1.54) is 0 Å². The minimum Gasteiger partial charge on any atom is -0.381 e. The van der Waals surface area contributed by atoms with E-state index in [0.29, 0.717) is 12.0 Å². The molecule has 0 aromatic heterocycles. The maximum Gasteiger partial charge on any atom is 0.0517 e. The monoisotopic (exact) mass is 187 g/mol. The maximum absolute atomic E-state index is 5.62. The Morgan fingerprint density at radius 3 is 3.08 bits per heavy atom. The second-order valence-electron chi connectivity index (χ2n) is 3.92. The van der Waals surface area contributed by atoms with E-state index in [2.05, 4.69) is 0 Å². The molecule has 1 heterocycles. The van der Waals surface area contributed by atoms with Gasteiger partial charge in [0.1, 0.15) is 0 Å². The highest BCUT2D eigenvalue weighted by atomic mass is 16.5. The lowest BCUT2D eigenvalue weighted by molar-refractivity contribution is 0.0868. The molecule has 0 aliphatic carbocycles. The van der Waals surface area contributed by atoms with E-state index in [1.54, 1.807) is 0 Å². The first kappa shape index (κ1) is 11.0. The molecule has 3 heteroatoms. The fourth-order valence-corrected chi connectivity index (χ4v) is 1.47. The van der Waals surface area contributed by atoms with Crippen molar-refractivity contribution in [3.8, 4) is 0 Å². The summed E-state index contributed by atoms with van der Waals surface area (Å²) in [6.07, 6.45) is 3.29. The first-order valence-corrected chi connectivity index (χ1v) is 5.20. The zero-order valence-corrected chi connectivity index (χ0v) is 8.50. The quantitative estimate of drug-likeness (QED) is 0.635. The van der Waals surface area contributed by atoms with E-state index in [-0.39, 0.29) is 0 Å². The third kappa shape index (κ3) is 5.24. The molecule has 2 atom stereocenters. The zero-order chi connectivity index (χ0) is 9.52. The molecule has 1 fully saturated rings. The maximum atomic E-state index is 5.62. The fraction of sp³-hybridized carbons (Fsp3) is 1.00. The first-order chi connectivity index (χ1) is 6.29. The lowest BCUT2D eigenvalue weighted by Gasteiger charge is -2.09. The van der Waals surface area contributed by atoms with E-state index in [0.717, 1.165) is 45.7 Å². The highest BCUT2D eigenvalue weighted by Gasteiger charge is 2.14. The Balaban J connectivity index is 1.83. The highest BCUT2D eigenvalue weighted by Crippen LogP contribution is 2.12. The highest BCUT2D eigenvalue weighted by molar-refractivity contribution is 4.62. The number of ether oxygens (including phenoxy) is 2. The molecule has 1 aliphatic heterocycles. The molecular weight excluding hydrogens is 166 g/mol. The summed E-state index contributed by atoms with van der Waals surface area (Å²) in [5, 5.41) is 0. The number of hydrogen-bond acceptors (Lipinski definition) is 3. The Morgan fingerprint density at radius 2 is 2.46 bits per heavy atom. The summed E-state index contributed by atoms with van der Waals surface area (Å²) in [7, 11) is 0. The summed E-state index contributed by atoms with van der Waals surface area (Å²) in [4.78, 5) is 0. The smallest absolute Gasteiger partial charge is 0.0517 e. The third-order valence-electron chi connectivity index (χ3n) is 2.33. The second-order valence-corrected chi connectivity index (χ2v) is 3.92. The molecule has 0 aromatic rings. The van der Waals surface area contributed by atoms with Gasteiger partial charge in [0.15, 0.2) is 0 Å². The van der Waals surface area contributed by atoms with Crippen molar-refractivity contribution in [1.29, 1.82) is 0 Å². The Hall–Kier alpha value is -0.120. The molecular formula is C10H21NO2. The van der Waals surface area contributed by atoms with E-state index in [4.69, 9.17) is 15.2 Å². The van der Waals surface area contributed by atoms with Gasteiger partial charge in [-0.25, -0.2) is 0 Å². The van der Waals surface area contributed by atoms with Gasteiger partial charge in [0.05, 0.1) is 13.2 Å². The molecule has 1 rings (SSSR count). The van der Waals surface area contributed by atoms with Crippen LogP contribution in [-0.4, -0.2) is 32.5 Å². The summed E-state index contributed by atoms with van der Waals surface area (Å²) in [6.45, 7) is 5.53. The molecule has 2 unspecified atom stereocenters. The summed E-state index contributed by atoms with van der Waals surface area (Å²) in [5.41, 5.74) is 5.62. The number of rotatable bonds is 6. The van der Waals surface area contributed by atoms with Crippen LogP contribution in [0.3, 0.4) is 0 Å². The molecule has 0 spiro atoms. The summed E-state index contributed by atoms with van der Waals surface area (Å²) in [5.74, 6) is 0.635. The van der Waals surface area contributed by atoms with Crippen molar-refractivity contribution >= 4 is 0 Å². The Labute approximate surface area is 80.6 Å². The van der Waals surface area contributed by atoms with Crippen LogP contribution in [0, 0.1) is 5.92 Å². The van der Waals surface area contributed by atoms with Crippen LogP contribution >= 0.6 is 0 Å². The van der Waals surface area contributed by atoms with Crippen molar-refractivity contribution in [2.75, 3.05) is 26.4 Å². The predicted octanol–water partition coefficient (Wildman–Crippen LogP) is 1.17. The molecule has 13 heavy (non-hydrogen) atoms. The van der Waals surface area contributed by atoms with E-state index in [9.17, 15) is 0 Å². The van der Waals surface area contributed by atoms with Crippen LogP contribution in [0.1, 0.15) is 26.2 Å². The zero-order valence-electron chi connectivity index (χ0n) is 8.50. The molecule has 0 aromatic carbocycles. The van der Waals surface area contributed by atoms with Crippen LogP contribution in [0.2, 0.25) is 0 Å². The van der Waals surface area contributed by atoms with Gasteiger partial charge in [0.2, 0.25) is 0 Å². The minimum atomic E-state index is 0.304. The van der Waals surface area contributed by atoms with Gasteiger partial charge in [-0.15, -0.1) is 0 Å². The molecule has 3 nitrogen and oxygen atoms in total. The minimum absolute atomic E-state index is 0.304. The molecule has 0 radical (unpaired) electrons. The van der Waals surface area contributed by atoms with Gasteiger partial charge in [-0.3, -0.25) is 0 Å². The van der Waals surface area contributed by atoms with Crippen LogP contribution in [0.4, 0.5) is 0 Å². The molecule has 0 saturated carbocycles. The van der Waals surface area contributed by atoms with Crippen LogP contribution < -0.4 is 5.73 Å². The van der Waals surface area contributed by atoms with Gasteiger partial charge < -0.3 is 15.2 Å². The lowest BCUT2D eigenvalue weighted by Crippen LogP contribution is -2.16. The number of hydrogen-bond donors (Lipinski definition) is 1. The van der Waals surface area contributed by atoms with Gasteiger partial charge in [-0.2, -0.15) is 0 Å². The normalized spacial score (nSPS) is 24.9. The van der Waals surface area contributed by atoms with E-state index < -0.39 is 0 Å². The molecule has 1 aliphatic rings. The van der Waals surface area contributed by atoms with Crippen LogP contribution in [-0.2, 0) is 9.47 Å². The van der Waals surface area contributed by atoms with Crippen molar-refractivity contribution in [3.63, 3.8) is 0 Å². The summed E-state index contributed by atoms with van der Waals surface area (Å²) in [6, 6.07) is 0.304. The molecule has 78 valence electrons. The van der Waals surface area contributed by atoms with Crippen LogP contribution in [0.5, 0.6) is 0 Å². The largest absolute Gasteiger partial charge is 0.381 e. The molecule has 0 amide bonds. The molecule has 1 saturated heterocycles. The lowest BCUT2D eigenvalue weighted by atomic mass is 10.1. The predicted molar refractivity (Wildman–Crippen MR) is 52.6 cm³/mol. The van der Waals surface area contributed by atoms with E-state index in [1.807, 2.05) is 6.92 Å². The van der Waals surface area contributed by atoms with Crippen molar-refractivity contribution in [3.05, 3.63) is 0 Å². The average molecular weight is 187 g/mol. The third-order valence-corrected chi connectivity index (χ3v) is 2.33. The van der Waals surface area contributed by atoms with Crippen molar-refractivity contribution in [2.45, 2.75) is 32.2 Å². The topological polar surface area (TPSA) is 44.5 Å². The van der Waals surface area contributed by atoms with Gasteiger partial charge in [-0.1, -0.05) is 0 Å². The van der Waals surface area contributed by atoms with Crippen molar-refractivity contribution < 1.29 is 9.47 Å². The van der Waals surface area contributed by atoms with Gasteiger partial charge in [-0.05, 0) is 26.2 Å². The van der Waals surface area contributed by atoms with Crippen LogP contribution in [0.25, 0.3) is 0 Å². The number of nitrogens with two attached hydrogens (primary N) is 1. The van der Waals surface area contributed by atoms with E-state index >= 15 is 0 Å². The Kier molecular flexibility index (Phi) is 5.35. The van der Waals surface area contributed by atoms with Crippen LogP contribution in [0.15, 0.2) is 0 Å². The SMILES string of the molecule is CC(N)CCCOCC1CCOC1. The fourth-order valence-electron chi connectivity index (χ4n) is 1.47. The first-order valence-electron chi connectivity index (χ1n) is 5.20. The van der Waals surface area contributed by atoms with Crippen molar-refractivity contribution in [2.24, 2.45) is 11.7 Å². The van der Waals surface area contributed by atoms with Crippen molar-refractivity contribution in [1.82, 2.24) is 0 Å². The van der Waals surface area contributed by atoms with Gasteiger partial charge in [0.25, 0.3) is 0 Å².